The number of halogens is 1. The van der Waals surface area contributed by atoms with E-state index >= 15 is 0 Å². The number of aromatic carboxylic acids is 1. The number of nitrogens with zero attached hydrogens (tertiary/aromatic N) is 1. The standard InChI is InChI=1S/C15H9BrN2O3S/c16-13-5-4-12(22-13)7-10(8-17)14(19)18-11-3-1-2-9(6-11)15(20)21/h1-7H,(H,18,19)(H,20,21). The van der Waals surface area contributed by atoms with Crippen LogP contribution in [-0.2, 0) is 4.79 Å². The van der Waals surface area contributed by atoms with E-state index in [0.29, 0.717) is 5.69 Å². The summed E-state index contributed by atoms with van der Waals surface area (Å²) < 4.78 is 0.894. The van der Waals surface area contributed by atoms with Crippen LogP contribution in [0.15, 0.2) is 45.8 Å². The van der Waals surface area contributed by atoms with E-state index in [2.05, 4.69) is 21.2 Å². The molecule has 0 bridgehead atoms. The van der Waals surface area contributed by atoms with Crippen molar-refractivity contribution in [3.05, 3.63) is 56.2 Å². The third kappa shape index (κ3) is 4.04. The summed E-state index contributed by atoms with van der Waals surface area (Å²) in [4.78, 5) is 23.7. The highest BCUT2D eigenvalue weighted by Gasteiger charge is 2.11. The number of thiophene rings is 1. The molecule has 7 heteroatoms. The molecule has 0 atom stereocenters. The Bertz CT molecular complexity index is 805. The second-order valence-electron chi connectivity index (χ2n) is 4.15. The number of nitrogens with one attached hydrogen (secondary N) is 1. The van der Waals surface area contributed by atoms with Crippen molar-refractivity contribution in [2.45, 2.75) is 0 Å². The van der Waals surface area contributed by atoms with Crippen LogP contribution in [0, 0.1) is 11.3 Å². The summed E-state index contributed by atoms with van der Waals surface area (Å²) >= 11 is 4.70. The smallest absolute Gasteiger partial charge is 0.335 e. The Hall–Kier alpha value is -2.43. The first-order valence-corrected chi connectivity index (χ1v) is 7.62. The first kappa shape index (κ1) is 15.9. The van der Waals surface area contributed by atoms with E-state index in [1.807, 2.05) is 12.1 Å². The number of hydrogen-bond donors (Lipinski definition) is 2. The van der Waals surface area contributed by atoms with Crippen LogP contribution in [0.25, 0.3) is 6.08 Å². The maximum Gasteiger partial charge on any atom is 0.335 e. The number of rotatable bonds is 4. The second kappa shape index (κ2) is 7.02. The highest BCUT2D eigenvalue weighted by atomic mass is 79.9. The van der Waals surface area contributed by atoms with E-state index < -0.39 is 11.9 Å². The zero-order chi connectivity index (χ0) is 16.1. The van der Waals surface area contributed by atoms with Crippen LogP contribution in [0.5, 0.6) is 0 Å². The fraction of sp³-hybridized carbons (Fsp3) is 0. The minimum Gasteiger partial charge on any atom is -0.478 e. The number of anilines is 1. The summed E-state index contributed by atoms with van der Waals surface area (Å²) in [7, 11) is 0. The molecule has 1 aromatic heterocycles. The van der Waals surface area contributed by atoms with Crippen molar-refractivity contribution < 1.29 is 14.7 Å². The highest BCUT2D eigenvalue weighted by Crippen LogP contribution is 2.24. The molecule has 0 aliphatic carbocycles. The molecule has 1 heterocycles. The number of hydrogen-bond acceptors (Lipinski definition) is 4. The fourth-order valence-corrected chi connectivity index (χ4v) is 2.99. The Balaban J connectivity index is 2.20. The van der Waals surface area contributed by atoms with Crippen LogP contribution in [0.4, 0.5) is 5.69 Å². The van der Waals surface area contributed by atoms with Crippen molar-refractivity contribution in [3.8, 4) is 6.07 Å². The monoisotopic (exact) mass is 376 g/mol. The molecular formula is C15H9BrN2O3S. The largest absolute Gasteiger partial charge is 0.478 e. The predicted octanol–water partition coefficient (Wildman–Crippen LogP) is 3.75. The van der Waals surface area contributed by atoms with Crippen molar-refractivity contribution in [1.82, 2.24) is 0 Å². The molecule has 1 aromatic carbocycles. The van der Waals surface area contributed by atoms with Crippen LogP contribution in [-0.4, -0.2) is 17.0 Å². The molecule has 0 unspecified atom stereocenters. The van der Waals surface area contributed by atoms with Gasteiger partial charge in [0.15, 0.2) is 0 Å². The number of nitriles is 1. The van der Waals surface area contributed by atoms with Gasteiger partial charge in [-0.3, -0.25) is 4.79 Å². The van der Waals surface area contributed by atoms with Gasteiger partial charge in [-0.15, -0.1) is 11.3 Å². The van der Waals surface area contributed by atoms with E-state index in [1.165, 1.54) is 35.6 Å². The van der Waals surface area contributed by atoms with Crippen molar-refractivity contribution in [2.75, 3.05) is 5.32 Å². The molecule has 22 heavy (non-hydrogen) atoms. The highest BCUT2D eigenvalue weighted by molar-refractivity contribution is 9.11. The Morgan fingerprint density at radius 3 is 2.68 bits per heavy atom. The van der Waals surface area contributed by atoms with E-state index in [9.17, 15) is 9.59 Å². The van der Waals surface area contributed by atoms with Gasteiger partial charge in [-0.2, -0.15) is 5.26 Å². The normalized spacial score (nSPS) is 10.8. The molecule has 2 rings (SSSR count). The lowest BCUT2D eigenvalue weighted by Crippen LogP contribution is -2.13. The SMILES string of the molecule is N#CC(=Cc1ccc(Br)s1)C(=O)Nc1cccc(C(=O)O)c1. The molecular weight excluding hydrogens is 368 g/mol. The number of carboxylic acid groups (broad SMARTS) is 1. The molecule has 0 radical (unpaired) electrons. The third-order valence-electron chi connectivity index (χ3n) is 2.61. The van der Waals surface area contributed by atoms with Gasteiger partial charge in [0.05, 0.1) is 9.35 Å². The van der Waals surface area contributed by atoms with Crippen LogP contribution >= 0.6 is 27.3 Å². The Kier molecular flexibility index (Phi) is 5.09. The molecule has 0 aliphatic heterocycles. The number of amides is 1. The van der Waals surface area contributed by atoms with Crippen molar-refractivity contribution in [3.63, 3.8) is 0 Å². The maximum atomic E-state index is 12.1. The third-order valence-corrected chi connectivity index (χ3v) is 4.18. The summed E-state index contributed by atoms with van der Waals surface area (Å²) in [5.74, 6) is -1.68. The van der Waals surface area contributed by atoms with Gasteiger partial charge in [0.25, 0.3) is 5.91 Å². The van der Waals surface area contributed by atoms with Crippen molar-refractivity contribution >= 4 is 50.9 Å². The molecule has 0 saturated carbocycles. The van der Waals surface area contributed by atoms with E-state index in [-0.39, 0.29) is 11.1 Å². The molecule has 0 aliphatic rings. The van der Waals surface area contributed by atoms with Crippen LogP contribution in [0.3, 0.4) is 0 Å². The number of benzene rings is 1. The minimum absolute atomic E-state index is 0.0578. The number of carbonyl (C=O) groups excluding carboxylic acids is 1. The summed E-state index contributed by atoms with van der Waals surface area (Å²) in [5.41, 5.74) is 0.316. The van der Waals surface area contributed by atoms with Crippen molar-refractivity contribution in [1.29, 1.82) is 5.26 Å². The van der Waals surface area contributed by atoms with Gasteiger partial charge in [-0.25, -0.2) is 4.79 Å². The zero-order valence-corrected chi connectivity index (χ0v) is 13.4. The molecule has 0 fully saturated rings. The van der Waals surface area contributed by atoms with Crippen LogP contribution in [0.1, 0.15) is 15.2 Å². The summed E-state index contributed by atoms with van der Waals surface area (Å²) in [6.45, 7) is 0. The summed E-state index contributed by atoms with van der Waals surface area (Å²) in [6, 6.07) is 11.3. The van der Waals surface area contributed by atoms with E-state index in [0.717, 1.165) is 8.66 Å². The van der Waals surface area contributed by atoms with Gasteiger partial charge in [0.1, 0.15) is 11.6 Å². The van der Waals surface area contributed by atoms with Gasteiger partial charge >= 0.3 is 5.97 Å². The van der Waals surface area contributed by atoms with Crippen molar-refractivity contribution in [2.24, 2.45) is 0 Å². The number of carbonyl (C=O) groups is 2. The molecule has 5 nitrogen and oxygen atoms in total. The average molecular weight is 377 g/mol. The lowest BCUT2D eigenvalue weighted by Gasteiger charge is -2.05. The molecule has 0 saturated heterocycles. The maximum absolute atomic E-state index is 12.1. The quantitative estimate of drug-likeness (QED) is 0.627. The van der Waals surface area contributed by atoms with Gasteiger partial charge < -0.3 is 10.4 Å². The Labute approximate surface area is 138 Å². The Morgan fingerprint density at radius 2 is 2.09 bits per heavy atom. The van der Waals surface area contributed by atoms with Crippen LogP contribution in [0.2, 0.25) is 0 Å². The van der Waals surface area contributed by atoms with Gasteiger partial charge in [-0.05, 0) is 52.3 Å². The first-order valence-electron chi connectivity index (χ1n) is 6.01. The van der Waals surface area contributed by atoms with E-state index in [1.54, 1.807) is 12.1 Å². The molecule has 110 valence electrons. The predicted molar refractivity (Wildman–Crippen MR) is 87.6 cm³/mol. The fourth-order valence-electron chi connectivity index (χ4n) is 1.63. The van der Waals surface area contributed by atoms with Gasteiger partial charge in [-0.1, -0.05) is 6.07 Å². The number of carboxylic acids is 1. The lowest BCUT2D eigenvalue weighted by molar-refractivity contribution is -0.112. The first-order chi connectivity index (χ1) is 10.5. The summed E-state index contributed by atoms with van der Waals surface area (Å²) in [6.07, 6.45) is 1.48. The van der Waals surface area contributed by atoms with E-state index in [4.69, 9.17) is 10.4 Å². The lowest BCUT2D eigenvalue weighted by atomic mass is 10.2. The zero-order valence-electron chi connectivity index (χ0n) is 11.0. The van der Waals surface area contributed by atoms with Crippen LogP contribution < -0.4 is 5.32 Å². The second-order valence-corrected chi connectivity index (χ2v) is 6.65. The average Bonchev–Trinajstić information content (AvgIpc) is 2.90. The molecule has 1 amide bonds. The molecule has 2 N–H and O–H groups in total. The topological polar surface area (TPSA) is 90.2 Å². The van der Waals surface area contributed by atoms with Gasteiger partial charge in [0.2, 0.25) is 0 Å². The van der Waals surface area contributed by atoms with Gasteiger partial charge in [0, 0.05) is 10.6 Å². The molecule has 2 aromatic rings. The minimum atomic E-state index is -1.09. The molecule has 0 spiro atoms. The summed E-state index contributed by atoms with van der Waals surface area (Å²) in [5, 5.41) is 20.5. The Morgan fingerprint density at radius 1 is 1.32 bits per heavy atom.